The summed E-state index contributed by atoms with van der Waals surface area (Å²) in [7, 11) is -2.82. The molecular weight excluding hydrogens is 717 g/mol. The zero-order chi connectivity index (χ0) is 39.0. The molecule has 55 heavy (non-hydrogen) atoms. The molecule has 2 aromatic heterocycles. The van der Waals surface area contributed by atoms with Crippen LogP contribution in [-0.4, -0.2) is 40.1 Å². The van der Waals surface area contributed by atoms with Gasteiger partial charge in [0.05, 0.1) is 24.9 Å². The number of pyridine rings is 1. The van der Waals surface area contributed by atoms with Crippen molar-refractivity contribution in [3.8, 4) is 22.6 Å². The quantitative estimate of drug-likeness (QED) is 0.0701. The Balaban J connectivity index is 1.34. The highest BCUT2D eigenvalue weighted by Crippen LogP contribution is 2.47. The fraction of sp³-hybridized carbons (Fsp3) is 0.298. The van der Waals surface area contributed by atoms with Gasteiger partial charge in [-0.1, -0.05) is 124 Å². The Kier molecular flexibility index (Phi) is 11.0. The Morgan fingerprint density at radius 3 is 2.11 bits per heavy atom. The van der Waals surface area contributed by atoms with Gasteiger partial charge in [-0.2, -0.15) is 0 Å². The highest BCUT2D eigenvalue weighted by atomic mass is 32.2. The van der Waals surface area contributed by atoms with E-state index in [1.807, 2.05) is 45.9 Å². The SMILES string of the molecule is C=C(OCC)c1cc2c(c(-c3cccc(-c4cc5ccccc5o4)c3)n1)[C@@H](CCO[Si](c1ccccc1)(c1ccccc1)C(C)(C)C)N([S+]([O-])C(C)(C)C)C2. The van der Waals surface area contributed by atoms with E-state index in [-0.39, 0.29) is 11.1 Å². The number of hydrogen-bond donors (Lipinski definition) is 0. The molecule has 0 radical (unpaired) electrons. The fourth-order valence-electron chi connectivity index (χ4n) is 7.99. The zero-order valence-corrected chi connectivity index (χ0v) is 34.9. The van der Waals surface area contributed by atoms with Crippen LogP contribution in [0.25, 0.3) is 39.3 Å². The van der Waals surface area contributed by atoms with E-state index in [4.69, 9.17) is 18.6 Å². The van der Waals surface area contributed by atoms with E-state index >= 15 is 0 Å². The summed E-state index contributed by atoms with van der Waals surface area (Å²) in [6.07, 6.45) is 0.628. The number of ether oxygens (including phenoxy) is 1. The Morgan fingerprint density at radius 1 is 0.855 bits per heavy atom. The van der Waals surface area contributed by atoms with E-state index in [9.17, 15) is 4.55 Å². The van der Waals surface area contributed by atoms with Crippen molar-refractivity contribution in [2.45, 2.75) is 77.3 Å². The summed E-state index contributed by atoms with van der Waals surface area (Å²) < 4.78 is 35.9. The van der Waals surface area contributed by atoms with Gasteiger partial charge in [-0.25, -0.2) is 4.98 Å². The molecule has 1 unspecified atom stereocenters. The molecule has 0 saturated heterocycles. The Hall–Kier alpha value is -4.44. The van der Waals surface area contributed by atoms with Crippen LogP contribution in [0.15, 0.2) is 132 Å². The van der Waals surface area contributed by atoms with Crippen LogP contribution in [0.1, 0.15) is 77.7 Å². The standard InChI is InChI=1S/C47H52N2O4SSi/c1-9-51-33(2)40-30-37-32-49(54(50)46(3,4)5)41(27-28-52-55(47(6,7)8,38-22-12-10-13-23-38)39-24-14-11-15-25-39)44(37)45(48-40)36-21-18-20-34(29-36)43-31-35-19-16-17-26-42(35)53-43/h10-26,29-31,41H,2,9,27-28,32H2,1,3-8H3/t41-,54?/m1/s1. The third kappa shape index (κ3) is 7.59. The van der Waals surface area contributed by atoms with Crippen molar-refractivity contribution < 1.29 is 18.1 Å². The first-order valence-electron chi connectivity index (χ1n) is 19.2. The summed E-state index contributed by atoms with van der Waals surface area (Å²) in [5, 5.41) is 3.35. The summed E-state index contributed by atoms with van der Waals surface area (Å²) in [4.78, 5) is 5.30. The second-order valence-corrected chi connectivity index (χ2v) is 22.8. The van der Waals surface area contributed by atoms with Crippen LogP contribution in [0.4, 0.5) is 0 Å². The molecule has 2 atom stereocenters. The predicted octanol–water partition coefficient (Wildman–Crippen LogP) is 10.5. The molecule has 6 aromatic rings. The van der Waals surface area contributed by atoms with Crippen LogP contribution in [0.5, 0.6) is 0 Å². The maximum Gasteiger partial charge on any atom is 0.261 e. The van der Waals surface area contributed by atoms with Gasteiger partial charge in [-0.05, 0) is 79.4 Å². The average molecular weight is 769 g/mol. The van der Waals surface area contributed by atoms with Gasteiger partial charge in [0.15, 0.2) is 0 Å². The van der Waals surface area contributed by atoms with E-state index in [1.54, 1.807) is 0 Å². The smallest absolute Gasteiger partial charge is 0.261 e. The Labute approximate surface area is 330 Å². The van der Waals surface area contributed by atoms with E-state index in [0.29, 0.717) is 37.6 Å². The molecule has 6 nitrogen and oxygen atoms in total. The van der Waals surface area contributed by atoms with E-state index < -0.39 is 24.4 Å². The van der Waals surface area contributed by atoms with Gasteiger partial charge in [0, 0.05) is 40.0 Å². The lowest BCUT2D eigenvalue weighted by Crippen LogP contribution is -2.66. The first-order valence-corrected chi connectivity index (χ1v) is 22.2. The monoisotopic (exact) mass is 768 g/mol. The van der Waals surface area contributed by atoms with Gasteiger partial charge in [-0.3, -0.25) is 0 Å². The highest BCUT2D eigenvalue weighted by molar-refractivity contribution is 7.90. The van der Waals surface area contributed by atoms with Gasteiger partial charge in [0.1, 0.15) is 27.5 Å². The summed E-state index contributed by atoms with van der Waals surface area (Å²) in [6.45, 7) is 20.7. The summed E-state index contributed by atoms with van der Waals surface area (Å²) in [5.41, 5.74) is 6.39. The molecule has 1 aliphatic rings. The molecule has 0 bridgehead atoms. The largest absolute Gasteiger partial charge is 0.597 e. The minimum Gasteiger partial charge on any atom is -0.597 e. The lowest BCUT2D eigenvalue weighted by molar-refractivity contribution is 0.239. The number of benzene rings is 4. The minimum atomic E-state index is -2.82. The predicted molar refractivity (Wildman–Crippen MR) is 230 cm³/mol. The first kappa shape index (κ1) is 38.8. The van der Waals surface area contributed by atoms with Crippen LogP contribution >= 0.6 is 0 Å². The number of rotatable bonds is 12. The third-order valence-corrected chi connectivity index (χ3v) is 17.4. The molecule has 3 heterocycles. The van der Waals surface area contributed by atoms with E-state index in [1.165, 1.54) is 10.4 Å². The molecule has 284 valence electrons. The molecule has 4 aromatic carbocycles. The third-order valence-electron chi connectivity index (χ3n) is 10.5. The van der Waals surface area contributed by atoms with Crippen molar-refractivity contribution in [2.75, 3.05) is 13.2 Å². The molecular formula is C47H52N2O4SSi. The number of fused-ring (bicyclic) bond motifs is 2. The number of hydrogen-bond acceptors (Lipinski definition) is 6. The molecule has 0 amide bonds. The molecule has 7 rings (SSSR count). The van der Waals surface area contributed by atoms with Crippen LogP contribution in [0.2, 0.25) is 5.04 Å². The molecule has 0 N–H and O–H groups in total. The van der Waals surface area contributed by atoms with Crippen molar-refractivity contribution in [2.24, 2.45) is 0 Å². The van der Waals surface area contributed by atoms with Gasteiger partial charge in [0.25, 0.3) is 8.32 Å². The lowest BCUT2D eigenvalue weighted by Gasteiger charge is -2.43. The van der Waals surface area contributed by atoms with E-state index in [0.717, 1.165) is 44.7 Å². The summed E-state index contributed by atoms with van der Waals surface area (Å²) >= 11 is -1.32. The molecule has 0 aliphatic carbocycles. The summed E-state index contributed by atoms with van der Waals surface area (Å²) in [5.74, 6) is 1.31. The van der Waals surface area contributed by atoms with Gasteiger partial charge >= 0.3 is 0 Å². The maximum absolute atomic E-state index is 14.5. The second kappa shape index (κ2) is 15.6. The lowest BCUT2D eigenvalue weighted by atomic mass is 9.94. The van der Waals surface area contributed by atoms with Gasteiger partial charge in [-0.15, -0.1) is 4.31 Å². The second-order valence-electron chi connectivity index (χ2n) is 16.3. The zero-order valence-electron chi connectivity index (χ0n) is 33.1. The van der Waals surface area contributed by atoms with Crippen molar-refractivity contribution in [1.82, 2.24) is 9.29 Å². The van der Waals surface area contributed by atoms with Gasteiger partial charge < -0.3 is 18.1 Å². The number of furan rings is 1. The first-order chi connectivity index (χ1) is 26.3. The highest BCUT2D eigenvalue weighted by Gasteiger charge is 2.51. The summed E-state index contributed by atoms with van der Waals surface area (Å²) in [6, 6.07) is 41.8. The Bertz CT molecular complexity index is 2200. The van der Waals surface area contributed by atoms with Crippen molar-refractivity contribution in [3.05, 3.63) is 145 Å². The maximum atomic E-state index is 14.5. The Morgan fingerprint density at radius 2 is 1.49 bits per heavy atom. The number of nitrogens with zero attached hydrogens (tertiary/aromatic N) is 2. The van der Waals surface area contributed by atoms with Crippen molar-refractivity contribution in [3.63, 3.8) is 0 Å². The molecule has 0 spiro atoms. The van der Waals surface area contributed by atoms with Crippen molar-refractivity contribution in [1.29, 1.82) is 0 Å². The van der Waals surface area contributed by atoms with Crippen LogP contribution in [0, 0.1) is 0 Å². The van der Waals surface area contributed by atoms with Gasteiger partial charge in [0.2, 0.25) is 0 Å². The molecule has 0 saturated carbocycles. The minimum absolute atomic E-state index is 0.171. The van der Waals surface area contributed by atoms with Crippen LogP contribution in [0.3, 0.4) is 0 Å². The molecule has 1 aliphatic heterocycles. The number of aromatic nitrogens is 1. The van der Waals surface area contributed by atoms with E-state index in [2.05, 4.69) is 135 Å². The van der Waals surface area contributed by atoms with Crippen molar-refractivity contribution >= 4 is 46.8 Å². The normalized spacial score (nSPS) is 15.6. The van der Waals surface area contributed by atoms with Crippen LogP contribution < -0.4 is 10.4 Å². The fourth-order valence-corrected chi connectivity index (χ4v) is 14.0. The topological polar surface area (TPSA) is 70.8 Å². The molecule has 8 heteroatoms. The van der Waals surface area contributed by atoms with Crippen LogP contribution in [-0.2, 0) is 27.1 Å². The average Bonchev–Trinajstić information content (AvgIpc) is 3.78. The molecule has 0 fully saturated rings. The number of para-hydroxylation sites is 1.